The van der Waals surface area contributed by atoms with Crippen LogP contribution in [0, 0.1) is 0 Å². The molecule has 4 aromatic rings. The first-order valence-electron chi connectivity index (χ1n) is 13.7. The summed E-state index contributed by atoms with van der Waals surface area (Å²) in [5.74, 6) is 1.26. The SMILES string of the molecule is O=C(NCCN1CCCC1)c1cn2c3c(c(N4CCC(c5cnccn5)C4)ccc3c1=O)Oc1ccccc1-2. The van der Waals surface area contributed by atoms with Crippen molar-refractivity contribution in [2.45, 2.75) is 25.2 Å². The van der Waals surface area contributed by atoms with Crippen LogP contribution in [-0.2, 0) is 0 Å². The van der Waals surface area contributed by atoms with Crippen LogP contribution in [0.4, 0.5) is 5.69 Å². The lowest BCUT2D eigenvalue weighted by Crippen LogP contribution is -2.36. The van der Waals surface area contributed by atoms with Gasteiger partial charge in [-0.1, -0.05) is 12.1 Å². The number of pyridine rings is 1. The van der Waals surface area contributed by atoms with Crippen LogP contribution in [0.1, 0.15) is 41.2 Å². The third-order valence-corrected chi connectivity index (χ3v) is 8.12. The molecule has 0 spiro atoms. The van der Waals surface area contributed by atoms with Gasteiger partial charge in [0.25, 0.3) is 5.91 Å². The van der Waals surface area contributed by atoms with Gasteiger partial charge in [-0.3, -0.25) is 19.6 Å². The molecule has 9 heteroatoms. The molecule has 2 fully saturated rings. The van der Waals surface area contributed by atoms with E-state index in [2.05, 4.69) is 25.1 Å². The van der Waals surface area contributed by atoms with Crippen LogP contribution in [0.5, 0.6) is 11.5 Å². The highest BCUT2D eigenvalue weighted by atomic mass is 16.5. The second-order valence-corrected chi connectivity index (χ2v) is 10.5. The summed E-state index contributed by atoms with van der Waals surface area (Å²) in [6.07, 6.45) is 10.3. The van der Waals surface area contributed by atoms with Crippen molar-refractivity contribution < 1.29 is 9.53 Å². The average molecular weight is 523 g/mol. The molecule has 2 aromatic carbocycles. The van der Waals surface area contributed by atoms with Gasteiger partial charge < -0.3 is 24.4 Å². The minimum Gasteiger partial charge on any atom is -0.451 e. The van der Waals surface area contributed by atoms with Gasteiger partial charge in [0.1, 0.15) is 11.1 Å². The molecular weight excluding hydrogens is 492 g/mol. The minimum absolute atomic E-state index is 0.142. The second-order valence-electron chi connectivity index (χ2n) is 10.5. The van der Waals surface area contributed by atoms with Crippen LogP contribution in [-0.4, -0.2) is 64.6 Å². The Hall–Kier alpha value is -4.24. The van der Waals surface area contributed by atoms with Crippen molar-refractivity contribution in [1.29, 1.82) is 0 Å². The molecule has 5 heterocycles. The van der Waals surface area contributed by atoms with Crippen LogP contribution >= 0.6 is 0 Å². The minimum atomic E-state index is -0.342. The molecule has 0 bridgehead atoms. The van der Waals surface area contributed by atoms with E-state index in [0.29, 0.717) is 28.9 Å². The van der Waals surface area contributed by atoms with E-state index < -0.39 is 0 Å². The van der Waals surface area contributed by atoms with Crippen molar-refractivity contribution in [2.24, 2.45) is 0 Å². The predicted molar refractivity (Wildman–Crippen MR) is 149 cm³/mol. The molecule has 0 saturated carbocycles. The first-order chi connectivity index (χ1) is 19.2. The zero-order valence-electron chi connectivity index (χ0n) is 21.7. The predicted octanol–water partition coefficient (Wildman–Crippen LogP) is 3.71. The zero-order chi connectivity index (χ0) is 26.3. The van der Waals surface area contributed by atoms with Gasteiger partial charge in [-0.05, 0) is 56.6 Å². The number of rotatable bonds is 6. The maximum Gasteiger partial charge on any atom is 0.256 e. The number of ether oxygens (including phenoxy) is 1. The fourth-order valence-electron chi connectivity index (χ4n) is 6.11. The summed E-state index contributed by atoms with van der Waals surface area (Å²) in [5, 5.41) is 3.44. The molecule has 0 aliphatic carbocycles. The van der Waals surface area contributed by atoms with E-state index in [-0.39, 0.29) is 22.8 Å². The monoisotopic (exact) mass is 522 g/mol. The molecule has 39 heavy (non-hydrogen) atoms. The number of para-hydroxylation sites is 2. The summed E-state index contributed by atoms with van der Waals surface area (Å²) in [6, 6.07) is 11.5. The lowest BCUT2D eigenvalue weighted by atomic mass is 10.1. The van der Waals surface area contributed by atoms with Gasteiger partial charge >= 0.3 is 0 Å². The number of hydrogen-bond acceptors (Lipinski definition) is 7. The van der Waals surface area contributed by atoms with Gasteiger partial charge in [0.2, 0.25) is 5.43 Å². The summed E-state index contributed by atoms with van der Waals surface area (Å²) in [4.78, 5) is 40.2. The van der Waals surface area contributed by atoms with Gasteiger partial charge in [-0.15, -0.1) is 0 Å². The van der Waals surface area contributed by atoms with Crippen LogP contribution in [0.3, 0.4) is 0 Å². The topological polar surface area (TPSA) is 92.6 Å². The summed E-state index contributed by atoms with van der Waals surface area (Å²) in [7, 11) is 0. The average Bonchev–Trinajstić information content (AvgIpc) is 3.68. The maximum atomic E-state index is 13.6. The van der Waals surface area contributed by atoms with Crippen LogP contribution in [0.25, 0.3) is 16.6 Å². The molecule has 198 valence electrons. The second kappa shape index (κ2) is 9.81. The van der Waals surface area contributed by atoms with E-state index in [1.165, 1.54) is 12.8 Å². The highest BCUT2D eigenvalue weighted by molar-refractivity contribution is 6.01. The van der Waals surface area contributed by atoms with E-state index in [1.54, 1.807) is 18.6 Å². The number of hydrogen-bond donors (Lipinski definition) is 1. The lowest BCUT2D eigenvalue weighted by Gasteiger charge is -2.28. The highest BCUT2D eigenvalue weighted by Crippen LogP contribution is 2.46. The van der Waals surface area contributed by atoms with Gasteiger partial charge in [0.05, 0.1) is 22.5 Å². The van der Waals surface area contributed by atoms with Crippen LogP contribution < -0.4 is 20.4 Å². The van der Waals surface area contributed by atoms with E-state index in [9.17, 15) is 9.59 Å². The molecule has 0 radical (unpaired) electrons. The number of carbonyl (C=O) groups is 1. The molecule has 1 atom stereocenters. The Morgan fingerprint density at radius 2 is 1.92 bits per heavy atom. The third kappa shape index (κ3) is 4.23. The Labute approximate surface area is 226 Å². The number of benzene rings is 2. The smallest absolute Gasteiger partial charge is 0.256 e. The maximum absolute atomic E-state index is 13.6. The van der Waals surface area contributed by atoms with Crippen molar-refractivity contribution in [3.05, 3.63) is 82.7 Å². The largest absolute Gasteiger partial charge is 0.451 e. The number of carbonyl (C=O) groups excluding carboxylic acids is 1. The molecule has 1 N–H and O–H groups in total. The Kier molecular flexibility index (Phi) is 6.00. The summed E-state index contributed by atoms with van der Waals surface area (Å²) >= 11 is 0. The van der Waals surface area contributed by atoms with Crippen LogP contribution in [0.2, 0.25) is 0 Å². The van der Waals surface area contributed by atoms with E-state index in [4.69, 9.17) is 4.74 Å². The van der Waals surface area contributed by atoms with Crippen molar-refractivity contribution in [1.82, 2.24) is 24.8 Å². The molecule has 7 rings (SSSR count). The van der Waals surface area contributed by atoms with E-state index >= 15 is 0 Å². The summed E-state index contributed by atoms with van der Waals surface area (Å²) in [6.45, 7) is 5.07. The van der Waals surface area contributed by atoms with Crippen LogP contribution in [0.15, 0.2) is 66.0 Å². The Bertz CT molecular complexity index is 1610. The van der Waals surface area contributed by atoms with Crippen molar-refractivity contribution in [3.63, 3.8) is 0 Å². The fraction of sp³-hybridized carbons (Fsp3) is 0.333. The van der Waals surface area contributed by atoms with Crippen molar-refractivity contribution in [2.75, 3.05) is 44.2 Å². The molecule has 1 unspecified atom stereocenters. The van der Waals surface area contributed by atoms with Crippen molar-refractivity contribution in [3.8, 4) is 17.2 Å². The van der Waals surface area contributed by atoms with E-state index in [1.807, 2.05) is 47.2 Å². The van der Waals surface area contributed by atoms with Gasteiger partial charge in [0, 0.05) is 56.9 Å². The van der Waals surface area contributed by atoms with Gasteiger partial charge in [-0.25, -0.2) is 0 Å². The number of nitrogens with one attached hydrogen (secondary N) is 1. The first kappa shape index (κ1) is 23.8. The number of nitrogens with zero attached hydrogens (tertiary/aromatic N) is 5. The number of fused-ring (bicyclic) bond motifs is 2. The number of aromatic nitrogens is 3. The van der Waals surface area contributed by atoms with Crippen molar-refractivity contribution >= 4 is 22.5 Å². The molecule has 2 aromatic heterocycles. The zero-order valence-corrected chi connectivity index (χ0v) is 21.7. The lowest BCUT2D eigenvalue weighted by molar-refractivity contribution is 0.0948. The molecule has 3 aliphatic rings. The highest BCUT2D eigenvalue weighted by Gasteiger charge is 2.31. The normalized spacial score (nSPS) is 18.3. The number of amides is 1. The molecular formula is C30H30N6O3. The molecule has 9 nitrogen and oxygen atoms in total. The fourth-order valence-corrected chi connectivity index (χ4v) is 6.11. The summed E-state index contributed by atoms with van der Waals surface area (Å²) in [5.41, 5.74) is 3.26. The Morgan fingerprint density at radius 3 is 2.77 bits per heavy atom. The summed E-state index contributed by atoms with van der Waals surface area (Å²) < 4.78 is 8.42. The Morgan fingerprint density at radius 1 is 1.05 bits per heavy atom. The van der Waals surface area contributed by atoms with Gasteiger partial charge in [0.15, 0.2) is 11.5 Å². The Balaban J connectivity index is 1.26. The number of likely N-dealkylation sites (tertiary alicyclic amines) is 1. The first-order valence-corrected chi connectivity index (χ1v) is 13.7. The standard InChI is InChI=1S/C30H30N6O3/c37-28-21-7-8-25(35-15-9-20(18-35)23-17-31-10-11-32-23)29-27(21)36(24-5-1-2-6-26(24)39-29)19-22(28)30(38)33-12-16-34-13-3-4-14-34/h1-2,5-8,10-11,17,19-20H,3-4,9,12-16,18H2,(H,33,38). The quantitative estimate of drug-likeness (QED) is 0.364. The number of anilines is 1. The molecule has 1 amide bonds. The van der Waals surface area contributed by atoms with Gasteiger partial charge in [-0.2, -0.15) is 0 Å². The van der Waals surface area contributed by atoms with E-state index in [0.717, 1.165) is 56.2 Å². The molecule has 2 saturated heterocycles. The third-order valence-electron chi connectivity index (χ3n) is 8.12. The molecule has 3 aliphatic heterocycles.